The number of rotatable bonds is 3. The summed E-state index contributed by atoms with van der Waals surface area (Å²) in [4.78, 5) is 14.0. The quantitative estimate of drug-likeness (QED) is 0.929. The maximum atomic E-state index is 4.82. The highest BCUT2D eigenvalue weighted by atomic mass is 15.5. The SMILES string of the molecule is CCC[C@@H]1C2NN=CN2c2cnc(C)nc2N1C1CCCC1. The number of anilines is 2. The van der Waals surface area contributed by atoms with Crippen molar-refractivity contribution in [2.24, 2.45) is 5.10 Å². The first-order valence-electron chi connectivity index (χ1n) is 8.48. The van der Waals surface area contributed by atoms with E-state index in [4.69, 9.17) is 4.98 Å². The van der Waals surface area contributed by atoms with Crippen molar-refractivity contribution in [2.45, 2.75) is 70.6 Å². The van der Waals surface area contributed by atoms with Gasteiger partial charge >= 0.3 is 0 Å². The molecule has 1 aromatic heterocycles. The van der Waals surface area contributed by atoms with Crippen LogP contribution >= 0.6 is 0 Å². The van der Waals surface area contributed by atoms with Crippen molar-refractivity contribution in [1.29, 1.82) is 0 Å². The first-order chi connectivity index (χ1) is 10.8. The molecule has 1 saturated carbocycles. The fourth-order valence-corrected chi connectivity index (χ4v) is 4.14. The van der Waals surface area contributed by atoms with Gasteiger partial charge < -0.3 is 9.80 Å². The molecule has 2 atom stereocenters. The first-order valence-corrected chi connectivity index (χ1v) is 8.48. The van der Waals surface area contributed by atoms with Gasteiger partial charge in [-0.15, -0.1) is 0 Å². The number of hydrogen-bond acceptors (Lipinski definition) is 6. The van der Waals surface area contributed by atoms with Gasteiger partial charge in [0.1, 0.15) is 24.0 Å². The Morgan fingerprint density at radius 2 is 2.14 bits per heavy atom. The Kier molecular flexibility index (Phi) is 3.39. The second-order valence-electron chi connectivity index (χ2n) is 6.55. The third kappa shape index (κ3) is 2.04. The van der Waals surface area contributed by atoms with Gasteiger partial charge in [-0.25, -0.2) is 9.97 Å². The fraction of sp³-hybridized carbons (Fsp3) is 0.688. The van der Waals surface area contributed by atoms with Gasteiger partial charge in [0.25, 0.3) is 0 Å². The molecule has 1 aliphatic carbocycles. The summed E-state index contributed by atoms with van der Waals surface area (Å²) < 4.78 is 0. The molecule has 6 heteroatoms. The normalized spacial score (nSPS) is 27.0. The van der Waals surface area contributed by atoms with Gasteiger partial charge in [0.2, 0.25) is 0 Å². The molecule has 1 unspecified atom stereocenters. The van der Waals surface area contributed by atoms with Crippen LogP contribution in [0.2, 0.25) is 0 Å². The van der Waals surface area contributed by atoms with E-state index in [2.05, 4.69) is 32.2 Å². The van der Waals surface area contributed by atoms with Crippen molar-refractivity contribution in [2.75, 3.05) is 9.80 Å². The molecule has 1 aromatic rings. The van der Waals surface area contributed by atoms with Crippen LogP contribution in [0, 0.1) is 6.92 Å². The molecule has 22 heavy (non-hydrogen) atoms. The van der Waals surface area contributed by atoms with Gasteiger partial charge in [-0.1, -0.05) is 26.2 Å². The van der Waals surface area contributed by atoms with Crippen LogP contribution in [0.4, 0.5) is 11.5 Å². The van der Waals surface area contributed by atoms with E-state index in [1.807, 2.05) is 19.5 Å². The number of hydrazone groups is 1. The monoisotopic (exact) mass is 300 g/mol. The first kappa shape index (κ1) is 13.8. The van der Waals surface area contributed by atoms with Gasteiger partial charge in [0, 0.05) is 6.04 Å². The van der Waals surface area contributed by atoms with Gasteiger partial charge in [-0.05, 0) is 26.2 Å². The van der Waals surface area contributed by atoms with Crippen LogP contribution < -0.4 is 15.2 Å². The second-order valence-corrected chi connectivity index (χ2v) is 6.55. The molecule has 0 amide bonds. The lowest BCUT2D eigenvalue weighted by atomic mass is 9.99. The van der Waals surface area contributed by atoms with Crippen LogP contribution in [0.1, 0.15) is 51.3 Å². The Morgan fingerprint density at radius 1 is 1.32 bits per heavy atom. The van der Waals surface area contributed by atoms with E-state index >= 15 is 0 Å². The molecule has 0 aromatic carbocycles. The smallest absolute Gasteiger partial charge is 0.157 e. The van der Waals surface area contributed by atoms with Crippen LogP contribution in [-0.2, 0) is 0 Å². The third-order valence-electron chi connectivity index (χ3n) is 5.11. The zero-order chi connectivity index (χ0) is 15.1. The highest BCUT2D eigenvalue weighted by Crippen LogP contribution is 2.41. The predicted molar refractivity (Wildman–Crippen MR) is 88.1 cm³/mol. The molecule has 118 valence electrons. The molecule has 3 heterocycles. The van der Waals surface area contributed by atoms with Gasteiger partial charge in [-0.3, -0.25) is 5.43 Å². The molecule has 2 aliphatic heterocycles. The zero-order valence-corrected chi connectivity index (χ0v) is 13.4. The lowest BCUT2D eigenvalue weighted by Gasteiger charge is -2.47. The highest BCUT2D eigenvalue weighted by Gasteiger charge is 2.44. The van der Waals surface area contributed by atoms with E-state index in [0.29, 0.717) is 12.1 Å². The lowest BCUT2D eigenvalue weighted by molar-refractivity contribution is 0.373. The summed E-state index contributed by atoms with van der Waals surface area (Å²) in [6, 6.07) is 1.02. The Bertz CT molecular complexity index is 580. The summed E-state index contributed by atoms with van der Waals surface area (Å²) in [5.41, 5.74) is 4.39. The minimum Gasteiger partial charge on any atom is -0.345 e. The summed E-state index contributed by atoms with van der Waals surface area (Å²) >= 11 is 0. The van der Waals surface area contributed by atoms with Crippen molar-refractivity contribution < 1.29 is 0 Å². The van der Waals surface area contributed by atoms with Gasteiger partial charge in [0.05, 0.1) is 12.2 Å². The summed E-state index contributed by atoms with van der Waals surface area (Å²) in [7, 11) is 0. The molecule has 0 spiro atoms. The molecular weight excluding hydrogens is 276 g/mol. The topological polar surface area (TPSA) is 56.7 Å². The Morgan fingerprint density at radius 3 is 2.91 bits per heavy atom. The molecular formula is C16H24N6. The molecule has 6 nitrogen and oxygen atoms in total. The van der Waals surface area contributed by atoms with E-state index in [9.17, 15) is 0 Å². The highest BCUT2D eigenvalue weighted by molar-refractivity contribution is 5.88. The standard InChI is InChI=1S/C16H24N6/c1-3-6-13-16-20-18-10-21(16)14-9-17-11(2)19-15(14)22(13)12-7-4-5-8-12/h9-10,12-13,16,20H,3-8H2,1-2H3/t13-,16?/m1/s1. The van der Waals surface area contributed by atoms with Crippen LogP contribution in [-0.4, -0.2) is 34.6 Å². The number of aryl methyl sites for hydroxylation is 1. The van der Waals surface area contributed by atoms with Crippen molar-refractivity contribution in [1.82, 2.24) is 15.4 Å². The fourth-order valence-electron chi connectivity index (χ4n) is 4.14. The number of fused-ring (bicyclic) bond motifs is 3. The molecule has 0 bridgehead atoms. The number of nitrogens with zero attached hydrogens (tertiary/aromatic N) is 5. The van der Waals surface area contributed by atoms with Crippen LogP contribution in [0.25, 0.3) is 0 Å². The molecule has 1 N–H and O–H groups in total. The molecule has 0 saturated heterocycles. The minimum atomic E-state index is 0.208. The predicted octanol–water partition coefficient (Wildman–Crippen LogP) is 2.40. The minimum absolute atomic E-state index is 0.208. The van der Waals surface area contributed by atoms with Gasteiger partial charge in [-0.2, -0.15) is 5.10 Å². The number of hydrogen-bond donors (Lipinski definition) is 1. The largest absolute Gasteiger partial charge is 0.345 e. The molecule has 3 aliphatic rings. The number of aromatic nitrogens is 2. The summed E-state index contributed by atoms with van der Waals surface area (Å²) in [5.74, 6) is 1.95. The Labute approximate surface area is 131 Å². The van der Waals surface area contributed by atoms with E-state index in [-0.39, 0.29) is 6.17 Å². The van der Waals surface area contributed by atoms with E-state index in [1.165, 1.54) is 32.1 Å². The average molecular weight is 300 g/mol. The Balaban J connectivity index is 1.82. The average Bonchev–Trinajstić information content (AvgIpc) is 3.18. The Hall–Kier alpha value is -1.85. The van der Waals surface area contributed by atoms with E-state index < -0.39 is 0 Å². The van der Waals surface area contributed by atoms with Crippen molar-refractivity contribution in [3.05, 3.63) is 12.0 Å². The second kappa shape index (κ2) is 5.41. The maximum Gasteiger partial charge on any atom is 0.157 e. The van der Waals surface area contributed by atoms with Crippen LogP contribution in [0.3, 0.4) is 0 Å². The van der Waals surface area contributed by atoms with E-state index in [1.54, 1.807) is 0 Å². The molecule has 0 radical (unpaired) electrons. The van der Waals surface area contributed by atoms with Crippen LogP contribution in [0.5, 0.6) is 0 Å². The number of nitrogens with one attached hydrogen (secondary N) is 1. The maximum absolute atomic E-state index is 4.82. The summed E-state index contributed by atoms with van der Waals surface area (Å²) in [6.07, 6.45) is 11.6. The summed E-state index contributed by atoms with van der Waals surface area (Å²) in [6.45, 7) is 4.23. The van der Waals surface area contributed by atoms with Crippen molar-refractivity contribution in [3.63, 3.8) is 0 Å². The lowest BCUT2D eigenvalue weighted by Crippen LogP contribution is -2.60. The van der Waals surface area contributed by atoms with Crippen molar-refractivity contribution in [3.8, 4) is 0 Å². The van der Waals surface area contributed by atoms with Gasteiger partial charge in [0.15, 0.2) is 5.82 Å². The van der Waals surface area contributed by atoms with E-state index in [0.717, 1.165) is 23.8 Å². The molecule has 1 fully saturated rings. The summed E-state index contributed by atoms with van der Waals surface area (Å²) in [5, 5.41) is 4.31. The zero-order valence-electron chi connectivity index (χ0n) is 13.4. The third-order valence-corrected chi connectivity index (χ3v) is 5.11. The molecule has 4 rings (SSSR count). The van der Waals surface area contributed by atoms with Crippen molar-refractivity contribution >= 4 is 17.8 Å². The van der Waals surface area contributed by atoms with Crippen LogP contribution in [0.15, 0.2) is 11.3 Å².